The second-order valence-electron chi connectivity index (χ2n) is 6.07. The summed E-state index contributed by atoms with van der Waals surface area (Å²) >= 11 is 15.7. The third-order valence-electron chi connectivity index (χ3n) is 4.18. The van der Waals surface area contributed by atoms with Gasteiger partial charge in [0.25, 0.3) is 5.56 Å². The number of imidazole rings is 1. The number of fused-ring (bicyclic) bond motifs is 1. The zero-order chi connectivity index (χ0) is 20.0. The molecule has 4 rings (SSSR count). The van der Waals surface area contributed by atoms with Crippen LogP contribution in [0.15, 0.2) is 49.4 Å². The van der Waals surface area contributed by atoms with Gasteiger partial charge in [-0.05, 0) is 53.2 Å². The summed E-state index contributed by atoms with van der Waals surface area (Å²) in [4.78, 5) is 34.0. The molecule has 0 aliphatic rings. The van der Waals surface area contributed by atoms with E-state index in [1.165, 1.54) is 10.9 Å². The van der Waals surface area contributed by atoms with Crippen LogP contribution < -0.4 is 11.2 Å². The minimum atomic E-state index is -0.308. The van der Waals surface area contributed by atoms with Crippen LogP contribution in [0, 0.1) is 6.92 Å². The molecule has 0 radical (unpaired) electrons. The summed E-state index contributed by atoms with van der Waals surface area (Å²) in [7, 11) is 0. The molecule has 28 heavy (non-hydrogen) atoms. The van der Waals surface area contributed by atoms with Crippen molar-refractivity contribution in [3.8, 4) is 5.69 Å². The monoisotopic (exact) mass is 479 g/mol. The van der Waals surface area contributed by atoms with Crippen molar-refractivity contribution < 1.29 is 0 Å². The zero-order valence-corrected chi connectivity index (χ0v) is 17.4. The van der Waals surface area contributed by atoms with Gasteiger partial charge < -0.3 is 9.97 Å². The average molecular weight is 481 g/mol. The first-order valence-corrected chi connectivity index (χ1v) is 9.61. The maximum absolute atomic E-state index is 12.9. The molecule has 0 bridgehead atoms. The minimum absolute atomic E-state index is 0.300. The topological polar surface area (TPSA) is 98.8 Å². The Bertz CT molecular complexity index is 1360. The van der Waals surface area contributed by atoms with Crippen LogP contribution >= 0.6 is 39.1 Å². The van der Waals surface area contributed by atoms with E-state index >= 15 is 0 Å². The van der Waals surface area contributed by atoms with Crippen molar-refractivity contribution in [1.82, 2.24) is 19.7 Å². The molecule has 4 aromatic rings. The predicted molar refractivity (Wildman–Crippen MR) is 115 cm³/mol. The molecule has 0 saturated heterocycles. The number of halogens is 3. The van der Waals surface area contributed by atoms with Crippen molar-refractivity contribution >= 4 is 62.1 Å². The maximum atomic E-state index is 12.9. The molecule has 10 heteroatoms. The lowest BCUT2D eigenvalue weighted by Gasteiger charge is -2.04. The lowest BCUT2D eigenvalue weighted by Crippen LogP contribution is -2.17. The van der Waals surface area contributed by atoms with Crippen LogP contribution in [-0.4, -0.2) is 26.0 Å². The van der Waals surface area contributed by atoms with Crippen LogP contribution in [0.2, 0.25) is 10.0 Å². The summed E-state index contributed by atoms with van der Waals surface area (Å²) in [5.74, 6) is 0. The van der Waals surface area contributed by atoms with E-state index in [-0.39, 0.29) is 11.2 Å². The van der Waals surface area contributed by atoms with Gasteiger partial charge in [-0.2, -0.15) is 0 Å². The molecule has 3 N–H and O–H groups in total. The van der Waals surface area contributed by atoms with E-state index in [1.54, 1.807) is 37.3 Å². The Labute approximate surface area is 176 Å². The van der Waals surface area contributed by atoms with Gasteiger partial charge in [0, 0.05) is 21.4 Å². The van der Waals surface area contributed by atoms with E-state index in [9.17, 15) is 9.59 Å². The maximum Gasteiger partial charge on any atom is 0.323 e. The van der Waals surface area contributed by atoms with Crippen LogP contribution in [-0.2, 0) is 0 Å². The molecule has 0 spiro atoms. The van der Waals surface area contributed by atoms with Crippen molar-refractivity contribution in [2.24, 2.45) is 4.99 Å². The van der Waals surface area contributed by atoms with Gasteiger partial charge in [-0.1, -0.05) is 23.2 Å². The van der Waals surface area contributed by atoms with Crippen molar-refractivity contribution in [2.45, 2.75) is 6.92 Å². The molecule has 0 saturated carbocycles. The number of aromatic amines is 3. The van der Waals surface area contributed by atoms with Crippen LogP contribution in [0.1, 0.15) is 11.3 Å². The molecular formula is C18H12BrCl2N5O2. The molecule has 2 aromatic heterocycles. The molecule has 2 heterocycles. The summed E-state index contributed by atoms with van der Waals surface area (Å²) < 4.78 is 2.00. The summed E-state index contributed by atoms with van der Waals surface area (Å²) in [6.45, 7) is 1.76. The third-order valence-corrected chi connectivity index (χ3v) is 5.37. The van der Waals surface area contributed by atoms with Crippen LogP contribution in [0.3, 0.4) is 0 Å². The smallest absolute Gasteiger partial charge is 0.306 e. The van der Waals surface area contributed by atoms with Crippen LogP contribution in [0.4, 0.5) is 5.69 Å². The number of rotatable bonds is 3. The number of H-pyrrole nitrogens is 3. The Morgan fingerprint density at radius 2 is 1.82 bits per heavy atom. The molecular weight excluding hydrogens is 469 g/mol. The molecule has 0 unspecified atom stereocenters. The third kappa shape index (κ3) is 3.34. The Kier molecular flexibility index (Phi) is 4.78. The van der Waals surface area contributed by atoms with Crippen molar-refractivity contribution in [1.29, 1.82) is 0 Å². The lowest BCUT2D eigenvalue weighted by atomic mass is 10.2. The molecule has 0 aliphatic heterocycles. The lowest BCUT2D eigenvalue weighted by molar-refractivity contribution is 0.835. The Morgan fingerprint density at radius 1 is 1.11 bits per heavy atom. The van der Waals surface area contributed by atoms with E-state index in [0.29, 0.717) is 48.2 Å². The number of aryl methyl sites for hydroxylation is 1. The summed E-state index contributed by atoms with van der Waals surface area (Å²) in [6.07, 6.45) is 1.47. The van der Waals surface area contributed by atoms with Crippen molar-refractivity contribution in [3.05, 3.63) is 76.9 Å². The predicted octanol–water partition coefficient (Wildman–Crippen LogP) is 4.46. The highest BCUT2D eigenvalue weighted by molar-refractivity contribution is 9.10. The van der Waals surface area contributed by atoms with Crippen LogP contribution in [0.25, 0.3) is 16.7 Å². The second kappa shape index (κ2) is 7.12. The highest BCUT2D eigenvalue weighted by Gasteiger charge is 2.14. The molecule has 0 fully saturated rings. The highest BCUT2D eigenvalue weighted by Crippen LogP contribution is 2.29. The van der Waals surface area contributed by atoms with Gasteiger partial charge in [0.1, 0.15) is 0 Å². The zero-order valence-electron chi connectivity index (χ0n) is 14.3. The van der Waals surface area contributed by atoms with E-state index in [4.69, 9.17) is 23.2 Å². The van der Waals surface area contributed by atoms with E-state index in [2.05, 4.69) is 36.0 Å². The Hall–Kier alpha value is -2.55. The number of nitrogens with zero attached hydrogens (tertiary/aromatic N) is 2. The van der Waals surface area contributed by atoms with Gasteiger partial charge in [-0.3, -0.25) is 14.9 Å². The summed E-state index contributed by atoms with van der Waals surface area (Å²) in [5, 5.41) is 3.84. The summed E-state index contributed by atoms with van der Waals surface area (Å²) in [6, 6.07) is 8.33. The quantitative estimate of drug-likeness (QED) is 0.377. The fourth-order valence-corrected chi connectivity index (χ4v) is 3.63. The van der Waals surface area contributed by atoms with Gasteiger partial charge in [0.2, 0.25) is 0 Å². The first-order valence-electron chi connectivity index (χ1n) is 8.06. The van der Waals surface area contributed by atoms with Gasteiger partial charge in [-0.25, -0.2) is 9.48 Å². The van der Waals surface area contributed by atoms with Gasteiger partial charge in [0.15, 0.2) is 0 Å². The first kappa shape index (κ1) is 18.8. The molecule has 142 valence electrons. The number of nitrogens with one attached hydrogen (secondary N) is 3. The van der Waals surface area contributed by atoms with E-state index in [0.717, 1.165) is 0 Å². The molecule has 0 amide bonds. The number of aromatic nitrogens is 4. The Balaban J connectivity index is 1.78. The standard InChI is InChI=1S/C18H12BrCl2N5O2/c1-8-10(17(27)26(25-8)16-4-9(20)2-3-12(16)21)7-22-13-6-15-14(5-11(13)19)23-18(28)24-15/h2-7,25H,1H3,(H2,23,24,28). The normalized spacial score (nSPS) is 11.7. The molecule has 7 nitrogen and oxygen atoms in total. The summed E-state index contributed by atoms with van der Waals surface area (Å²) in [5.41, 5.74) is 2.69. The van der Waals surface area contributed by atoms with Crippen molar-refractivity contribution in [2.75, 3.05) is 0 Å². The number of aliphatic imine (C=N–C) groups is 1. The fraction of sp³-hybridized carbons (Fsp3) is 0.0556. The average Bonchev–Trinajstić information content (AvgIpc) is 3.13. The van der Waals surface area contributed by atoms with Crippen LogP contribution in [0.5, 0.6) is 0 Å². The second-order valence-corrected chi connectivity index (χ2v) is 7.77. The van der Waals surface area contributed by atoms with E-state index in [1.807, 2.05) is 0 Å². The molecule has 2 aromatic carbocycles. The SMILES string of the molecule is Cc1[nH]n(-c2cc(Cl)ccc2Cl)c(=O)c1C=Nc1cc2[nH]c(=O)[nH]c2cc1Br. The fourth-order valence-electron chi connectivity index (χ4n) is 2.82. The molecule has 0 aliphatic carbocycles. The first-order chi connectivity index (χ1) is 13.3. The highest BCUT2D eigenvalue weighted by atomic mass is 79.9. The minimum Gasteiger partial charge on any atom is -0.306 e. The number of hydrogen-bond acceptors (Lipinski definition) is 3. The van der Waals surface area contributed by atoms with Gasteiger partial charge in [0.05, 0.1) is 33.0 Å². The number of hydrogen-bond donors (Lipinski definition) is 3. The van der Waals surface area contributed by atoms with E-state index < -0.39 is 0 Å². The molecule has 0 atom stereocenters. The van der Waals surface area contributed by atoms with Crippen molar-refractivity contribution in [3.63, 3.8) is 0 Å². The number of benzene rings is 2. The Morgan fingerprint density at radius 3 is 2.57 bits per heavy atom. The van der Waals surface area contributed by atoms with Gasteiger partial charge >= 0.3 is 5.69 Å². The van der Waals surface area contributed by atoms with Gasteiger partial charge in [-0.15, -0.1) is 0 Å². The largest absolute Gasteiger partial charge is 0.323 e.